The molecule has 0 radical (unpaired) electrons. The van der Waals surface area contributed by atoms with Gasteiger partial charge >= 0.3 is 0 Å². The van der Waals surface area contributed by atoms with Crippen molar-refractivity contribution in [3.05, 3.63) is 24.8 Å². The molecule has 74 valence electrons. The zero-order chi connectivity index (χ0) is 10.2. The van der Waals surface area contributed by atoms with E-state index in [9.17, 15) is 0 Å². The topological polar surface area (TPSA) is 46.5 Å². The maximum Gasteiger partial charge on any atom is 0.0569 e. The van der Waals surface area contributed by atoms with E-state index in [2.05, 4.69) is 36.1 Å². The third-order valence-corrected chi connectivity index (χ3v) is 2.10. The van der Waals surface area contributed by atoms with Crippen LogP contribution in [0.2, 0.25) is 0 Å². The quantitative estimate of drug-likeness (QED) is 0.747. The summed E-state index contributed by atoms with van der Waals surface area (Å²) >= 11 is 0. The summed E-state index contributed by atoms with van der Waals surface area (Å²) in [7, 11) is 0. The summed E-state index contributed by atoms with van der Waals surface area (Å²) in [5.41, 5.74) is 2.19. The molecule has 2 heterocycles. The van der Waals surface area contributed by atoms with Gasteiger partial charge in [0.25, 0.3) is 0 Å². The Morgan fingerprint density at radius 2 is 2.00 bits per heavy atom. The Bertz CT molecular complexity index is 406. The van der Waals surface area contributed by atoms with Crippen molar-refractivity contribution in [3.63, 3.8) is 0 Å². The number of aromatic amines is 1. The third kappa shape index (κ3) is 1.55. The molecule has 0 unspecified atom stereocenters. The largest absolute Gasteiger partial charge is 0.285 e. The van der Waals surface area contributed by atoms with Crippen LogP contribution < -0.4 is 0 Å². The first kappa shape index (κ1) is 8.99. The van der Waals surface area contributed by atoms with E-state index < -0.39 is 0 Å². The van der Waals surface area contributed by atoms with E-state index in [4.69, 9.17) is 0 Å². The lowest BCUT2D eigenvalue weighted by atomic mass is 10.1. The smallest absolute Gasteiger partial charge is 0.0569 e. The summed E-state index contributed by atoms with van der Waals surface area (Å²) in [6, 6.07) is 0. The van der Waals surface area contributed by atoms with E-state index in [1.54, 1.807) is 6.20 Å². The third-order valence-electron chi connectivity index (χ3n) is 2.10. The number of aromatic nitrogens is 4. The molecule has 0 aliphatic carbocycles. The summed E-state index contributed by atoms with van der Waals surface area (Å²) in [6.45, 7) is 6.37. The first-order valence-electron chi connectivity index (χ1n) is 4.62. The van der Waals surface area contributed by atoms with Gasteiger partial charge in [0.05, 0.1) is 17.9 Å². The molecule has 14 heavy (non-hydrogen) atoms. The summed E-state index contributed by atoms with van der Waals surface area (Å²) in [6.07, 6.45) is 7.55. The van der Waals surface area contributed by atoms with Crippen molar-refractivity contribution >= 4 is 0 Å². The highest BCUT2D eigenvalue weighted by Crippen LogP contribution is 2.20. The lowest BCUT2D eigenvalue weighted by Gasteiger charge is -2.18. The van der Waals surface area contributed by atoms with Crippen LogP contribution in [0.15, 0.2) is 24.8 Å². The monoisotopic (exact) mass is 190 g/mol. The summed E-state index contributed by atoms with van der Waals surface area (Å²) in [4.78, 5) is 0. The van der Waals surface area contributed by atoms with Crippen molar-refractivity contribution < 1.29 is 0 Å². The molecule has 0 bridgehead atoms. The van der Waals surface area contributed by atoms with Crippen molar-refractivity contribution in [1.29, 1.82) is 0 Å². The van der Waals surface area contributed by atoms with Gasteiger partial charge in [-0.15, -0.1) is 0 Å². The Kier molecular flexibility index (Phi) is 1.91. The molecule has 0 aliphatic rings. The fraction of sp³-hybridized carbons (Fsp3) is 0.400. The predicted molar refractivity (Wildman–Crippen MR) is 54.8 cm³/mol. The maximum absolute atomic E-state index is 4.32. The molecule has 2 aromatic rings. The van der Waals surface area contributed by atoms with Gasteiger partial charge < -0.3 is 0 Å². The van der Waals surface area contributed by atoms with Gasteiger partial charge in [0.15, 0.2) is 0 Å². The lowest BCUT2D eigenvalue weighted by molar-refractivity contribution is 0.355. The van der Waals surface area contributed by atoms with Gasteiger partial charge in [-0.3, -0.25) is 9.78 Å². The fourth-order valence-corrected chi connectivity index (χ4v) is 1.25. The van der Waals surface area contributed by atoms with Gasteiger partial charge in [-0.25, -0.2) is 0 Å². The second kappa shape index (κ2) is 2.97. The molecule has 2 rings (SSSR count). The molecule has 2 aromatic heterocycles. The molecular weight excluding hydrogens is 176 g/mol. The minimum Gasteiger partial charge on any atom is -0.285 e. The number of nitrogens with zero attached hydrogens (tertiary/aromatic N) is 3. The second-order valence-electron chi connectivity index (χ2n) is 4.33. The van der Waals surface area contributed by atoms with Crippen LogP contribution in [0, 0.1) is 0 Å². The molecule has 0 saturated carbocycles. The molecule has 0 aromatic carbocycles. The van der Waals surface area contributed by atoms with E-state index in [1.165, 1.54) is 0 Å². The Hall–Kier alpha value is -1.58. The van der Waals surface area contributed by atoms with E-state index in [0.717, 1.165) is 11.1 Å². The SMILES string of the molecule is CC(C)(C)n1cc(-c2cn[nH]c2)cn1. The summed E-state index contributed by atoms with van der Waals surface area (Å²) in [5.74, 6) is 0. The Morgan fingerprint density at radius 3 is 2.50 bits per heavy atom. The van der Waals surface area contributed by atoms with Crippen molar-refractivity contribution in [1.82, 2.24) is 20.0 Å². The lowest BCUT2D eigenvalue weighted by Crippen LogP contribution is -2.21. The van der Waals surface area contributed by atoms with Crippen LogP contribution in [-0.2, 0) is 5.54 Å². The van der Waals surface area contributed by atoms with E-state index in [0.29, 0.717) is 0 Å². The van der Waals surface area contributed by atoms with Gasteiger partial charge in [0.1, 0.15) is 0 Å². The van der Waals surface area contributed by atoms with Crippen LogP contribution in [0.3, 0.4) is 0 Å². The minimum atomic E-state index is 0.0297. The first-order chi connectivity index (χ1) is 6.57. The van der Waals surface area contributed by atoms with Crippen LogP contribution in [0.25, 0.3) is 11.1 Å². The van der Waals surface area contributed by atoms with Gasteiger partial charge in [-0.05, 0) is 20.8 Å². The maximum atomic E-state index is 4.32. The average molecular weight is 190 g/mol. The Morgan fingerprint density at radius 1 is 1.21 bits per heavy atom. The highest BCUT2D eigenvalue weighted by atomic mass is 15.3. The van der Waals surface area contributed by atoms with Crippen molar-refractivity contribution in [2.75, 3.05) is 0 Å². The Balaban J connectivity index is 2.36. The highest BCUT2D eigenvalue weighted by molar-refractivity contribution is 5.59. The molecule has 0 fully saturated rings. The fourth-order valence-electron chi connectivity index (χ4n) is 1.25. The van der Waals surface area contributed by atoms with E-state index in [-0.39, 0.29) is 5.54 Å². The van der Waals surface area contributed by atoms with E-state index in [1.807, 2.05) is 23.3 Å². The predicted octanol–water partition coefficient (Wildman–Crippen LogP) is 2.03. The molecule has 4 nitrogen and oxygen atoms in total. The standard InChI is InChI=1S/C10H14N4/c1-10(2,3)14-7-9(6-13-14)8-4-11-12-5-8/h4-7H,1-3H3,(H,11,12). The van der Waals surface area contributed by atoms with Crippen LogP contribution >= 0.6 is 0 Å². The van der Waals surface area contributed by atoms with Gasteiger partial charge in [0.2, 0.25) is 0 Å². The molecule has 0 saturated heterocycles. The summed E-state index contributed by atoms with van der Waals surface area (Å²) in [5, 5.41) is 11.0. The second-order valence-corrected chi connectivity index (χ2v) is 4.33. The molecule has 0 aliphatic heterocycles. The van der Waals surface area contributed by atoms with Crippen molar-refractivity contribution in [2.24, 2.45) is 0 Å². The molecule has 4 heteroatoms. The number of hydrogen-bond acceptors (Lipinski definition) is 2. The van der Waals surface area contributed by atoms with Gasteiger partial charge in [-0.2, -0.15) is 10.2 Å². The number of rotatable bonds is 1. The molecule has 1 N–H and O–H groups in total. The zero-order valence-electron chi connectivity index (χ0n) is 8.65. The number of nitrogens with one attached hydrogen (secondary N) is 1. The van der Waals surface area contributed by atoms with E-state index >= 15 is 0 Å². The first-order valence-corrected chi connectivity index (χ1v) is 4.62. The molecule has 0 amide bonds. The van der Waals surface area contributed by atoms with Gasteiger partial charge in [-0.1, -0.05) is 0 Å². The van der Waals surface area contributed by atoms with Crippen molar-refractivity contribution in [3.8, 4) is 11.1 Å². The molecule has 0 spiro atoms. The van der Waals surface area contributed by atoms with Crippen LogP contribution in [0.5, 0.6) is 0 Å². The minimum absolute atomic E-state index is 0.0297. The molecule has 0 atom stereocenters. The summed E-state index contributed by atoms with van der Waals surface area (Å²) < 4.78 is 1.95. The van der Waals surface area contributed by atoms with Crippen LogP contribution in [0.4, 0.5) is 0 Å². The zero-order valence-corrected chi connectivity index (χ0v) is 8.65. The number of H-pyrrole nitrogens is 1. The number of hydrogen-bond donors (Lipinski definition) is 1. The van der Waals surface area contributed by atoms with Crippen LogP contribution in [0.1, 0.15) is 20.8 Å². The Labute approximate surface area is 83.0 Å². The average Bonchev–Trinajstić information content (AvgIpc) is 2.73. The highest BCUT2D eigenvalue weighted by Gasteiger charge is 2.14. The van der Waals surface area contributed by atoms with Gasteiger partial charge in [0, 0.05) is 23.5 Å². The van der Waals surface area contributed by atoms with Crippen molar-refractivity contribution in [2.45, 2.75) is 26.3 Å². The normalized spacial score (nSPS) is 11.9. The van der Waals surface area contributed by atoms with Crippen LogP contribution in [-0.4, -0.2) is 20.0 Å². The molecular formula is C10H14N4.